The summed E-state index contributed by atoms with van der Waals surface area (Å²) in [5.41, 5.74) is 1.79. The molecule has 0 saturated carbocycles. The van der Waals surface area contributed by atoms with E-state index in [-0.39, 0.29) is 36.4 Å². The molecule has 206 valence electrons. The predicted octanol–water partition coefficient (Wildman–Crippen LogP) is 4.15. The van der Waals surface area contributed by atoms with Crippen LogP contribution in [0.15, 0.2) is 71.3 Å². The predicted molar refractivity (Wildman–Crippen MR) is 144 cm³/mol. The number of nitrogens with zero attached hydrogens (tertiary/aromatic N) is 1. The fourth-order valence-corrected chi connectivity index (χ4v) is 4.08. The lowest BCUT2D eigenvalue weighted by atomic mass is 9.99. The number of carbonyl (C=O) groups excluding carboxylic acids is 3. The summed E-state index contributed by atoms with van der Waals surface area (Å²) < 4.78 is 5.36. The van der Waals surface area contributed by atoms with Crippen molar-refractivity contribution in [1.29, 1.82) is 0 Å². The molecular weight excluding hydrogens is 500 g/mol. The van der Waals surface area contributed by atoms with Crippen LogP contribution in [0.25, 0.3) is 0 Å². The third-order valence-electron chi connectivity index (χ3n) is 6.11. The molecule has 3 aromatic rings. The molecule has 3 rings (SSSR count). The number of aryl methyl sites for hydroxylation is 1. The first-order valence-electron chi connectivity index (χ1n) is 12.8. The molecule has 0 saturated heterocycles. The molecule has 4 N–H and O–H groups in total. The number of benzene rings is 2. The van der Waals surface area contributed by atoms with Gasteiger partial charge in [0.15, 0.2) is 5.69 Å². The van der Waals surface area contributed by atoms with E-state index in [2.05, 4.69) is 20.9 Å². The van der Waals surface area contributed by atoms with Crippen molar-refractivity contribution in [2.45, 2.75) is 58.2 Å². The molecule has 2 unspecified atom stereocenters. The number of hydrogen-bond acceptors (Lipinski definition) is 6. The van der Waals surface area contributed by atoms with Crippen LogP contribution in [0.5, 0.6) is 0 Å². The zero-order chi connectivity index (χ0) is 28.4. The summed E-state index contributed by atoms with van der Waals surface area (Å²) in [4.78, 5) is 54.5. The van der Waals surface area contributed by atoms with Crippen molar-refractivity contribution in [3.05, 3.63) is 89.6 Å². The van der Waals surface area contributed by atoms with E-state index in [1.807, 2.05) is 81.4 Å². The highest BCUT2D eigenvalue weighted by atomic mass is 16.4. The molecule has 0 aliphatic heterocycles. The number of ketones is 1. The Labute approximate surface area is 227 Å². The lowest BCUT2D eigenvalue weighted by Gasteiger charge is -2.22. The third kappa shape index (κ3) is 8.80. The maximum Gasteiger partial charge on any atom is 0.405 e. The number of Topliss-reactive ketones (excluding diaryl/α,β-unsaturated/α-hetero) is 1. The quantitative estimate of drug-likeness (QED) is 0.241. The number of aromatic nitrogens is 1. The summed E-state index contributed by atoms with van der Waals surface area (Å²) >= 11 is 0. The average Bonchev–Trinajstić information content (AvgIpc) is 3.41. The summed E-state index contributed by atoms with van der Waals surface area (Å²) in [5, 5.41) is 16.9. The van der Waals surface area contributed by atoms with E-state index < -0.39 is 35.8 Å². The van der Waals surface area contributed by atoms with Gasteiger partial charge >= 0.3 is 6.09 Å². The van der Waals surface area contributed by atoms with Gasteiger partial charge in [0.1, 0.15) is 12.3 Å². The van der Waals surface area contributed by atoms with Crippen LogP contribution in [-0.2, 0) is 11.2 Å². The molecular formula is C29H34N4O6. The Balaban J connectivity index is 1.76. The highest BCUT2D eigenvalue weighted by molar-refractivity contribution is 6.00. The van der Waals surface area contributed by atoms with E-state index >= 15 is 0 Å². The minimum absolute atomic E-state index is 0.0251. The molecule has 3 atom stereocenters. The van der Waals surface area contributed by atoms with Crippen molar-refractivity contribution in [2.75, 3.05) is 0 Å². The Hall–Kier alpha value is -4.47. The highest BCUT2D eigenvalue weighted by Crippen LogP contribution is 2.15. The zero-order valence-corrected chi connectivity index (χ0v) is 22.2. The number of oxazole rings is 1. The Bertz CT molecular complexity index is 1260. The molecule has 10 nitrogen and oxygen atoms in total. The maximum atomic E-state index is 13.4. The van der Waals surface area contributed by atoms with Crippen molar-refractivity contribution in [3.63, 3.8) is 0 Å². The summed E-state index contributed by atoms with van der Waals surface area (Å²) in [6.07, 6.45) is 0.688. The lowest BCUT2D eigenvalue weighted by molar-refractivity contribution is -0.124. The van der Waals surface area contributed by atoms with Gasteiger partial charge in [-0.15, -0.1) is 0 Å². The monoisotopic (exact) mass is 534 g/mol. The minimum atomic E-state index is -1.34. The molecule has 1 heterocycles. The Morgan fingerprint density at radius 2 is 1.51 bits per heavy atom. The Morgan fingerprint density at radius 1 is 0.872 bits per heavy atom. The molecule has 0 spiro atoms. The van der Waals surface area contributed by atoms with Gasteiger partial charge in [0.25, 0.3) is 11.8 Å². The summed E-state index contributed by atoms with van der Waals surface area (Å²) in [6.45, 7) is 5.55. The van der Waals surface area contributed by atoms with Crippen molar-refractivity contribution in [3.8, 4) is 0 Å². The molecule has 1 aromatic heterocycles. The van der Waals surface area contributed by atoms with Gasteiger partial charge < -0.3 is 25.5 Å². The fourth-order valence-electron chi connectivity index (χ4n) is 4.08. The van der Waals surface area contributed by atoms with Crippen LogP contribution in [0.4, 0.5) is 4.79 Å². The normalized spacial score (nSPS) is 13.2. The van der Waals surface area contributed by atoms with E-state index in [1.54, 1.807) is 0 Å². The van der Waals surface area contributed by atoms with Crippen molar-refractivity contribution in [1.82, 2.24) is 20.9 Å². The number of rotatable bonds is 13. The zero-order valence-electron chi connectivity index (χ0n) is 22.2. The number of carboxylic acid groups (broad SMARTS) is 1. The second kappa shape index (κ2) is 13.9. The molecule has 2 aromatic carbocycles. The first-order valence-corrected chi connectivity index (χ1v) is 12.8. The van der Waals surface area contributed by atoms with Crippen LogP contribution in [0, 0.1) is 5.92 Å². The molecule has 0 bridgehead atoms. The van der Waals surface area contributed by atoms with Gasteiger partial charge in [-0.2, -0.15) is 0 Å². The van der Waals surface area contributed by atoms with Gasteiger partial charge in [-0.25, -0.2) is 9.78 Å². The molecule has 0 aliphatic rings. The second-order valence-electron chi connectivity index (χ2n) is 9.73. The minimum Gasteiger partial charge on any atom is -0.465 e. The van der Waals surface area contributed by atoms with E-state index in [4.69, 9.17) is 4.42 Å². The van der Waals surface area contributed by atoms with E-state index in [9.17, 15) is 24.3 Å². The average molecular weight is 535 g/mol. The van der Waals surface area contributed by atoms with Gasteiger partial charge in [-0.1, -0.05) is 74.5 Å². The van der Waals surface area contributed by atoms with Gasteiger partial charge in [0, 0.05) is 0 Å². The lowest BCUT2D eigenvalue weighted by Crippen LogP contribution is -2.52. The van der Waals surface area contributed by atoms with Gasteiger partial charge in [0.05, 0.1) is 12.1 Å². The second-order valence-corrected chi connectivity index (χ2v) is 9.73. The van der Waals surface area contributed by atoms with Crippen molar-refractivity contribution >= 4 is 23.7 Å². The molecule has 3 amide bonds. The van der Waals surface area contributed by atoms with Gasteiger partial charge in [-0.05, 0) is 43.2 Å². The summed E-state index contributed by atoms with van der Waals surface area (Å²) in [7, 11) is 0. The smallest absolute Gasteiger partial charge is 0.405 e. The van der Waals surface area contributed by atoms with Crippen LogP contribution in [0.3, 0.4) is 0 Å². The van der Waals surface area contributed by atoms with Crippen LogP contribution < -0.4 is 16.0 Å². The Morgan fingerprint density at radius 3 is 2.13 bits per heavy atom. The molecule has 10 heteroatoms. The van der Waals surface area contributed by atoms with Gasteiger partial charge in [0.2, 0.25) is 11.7 Å². The first kappa shape index (κ1) is 29.1. The number of amides is 3. The molecule has 39 heavy (non-hydrogen) atoms. The maximum absolute atomic E-state index is 13.4. The standard InChI is InChI=1S/C29H34N4O6/c1-18(2)16-23(33-29(37)38)26(35)31-22(15-14-20-10-6-4-7-11-20)25(34)28-32-24(17-39-28)27(36)30-19(3)21-12-8-5-9-13-21/h4-13,17-19,22-23,33H,14-16H2,1-3H3,(H,30,36)(H,31,35)(H,37,38)/t19-,22?,23?/m1/s1. The number of hydrogen-bond donors (Lipinski definition) is 4. The van der Waals surface area contributed by atoms with Gasteiger partial charge in [-0.3, -0.25) is 14.4 Å². The van der Waals surface area contributed by atoms with E-state index in [0.29, 0.717) is 6.42 Å². The van der Waals surface area contributed by atoms with Crippen LogP contribution in [0.2, 0.25) is 0 Å². The van der Waals surface area contributed by atoms with Crippen LogP contribution in [0.1, 0.15) is 72.0 Å². The van der Waals surface area contributed by atoms with Crippen molar-refractivity contribution < 1.29 is 28.7 Å². The largest absolute Gasteiger partial charge is 0.465 e. The molecule has 0 fully saturated rings. The SMILES string of the molecule is CC(C)CC(NC(=O)O)C(=O)NC(CCc1ccccc1)C(=O)c1nc(C(=O)N[C@H](C)c2ccccc2)co1. The number of nitrogens with one attached hydrogen (secondary N) is 3. The van der Waals surface area contributed by atoms with E-state index in [0.717, 1.165) is 17.4 Å². The van der Waals surface area contributed by atoms with Crippen LogP contribution in [-0.4, -0.2) is 45.9 Å². The Kier molecular flexibility index (Phi) is 10.4. The summed E-state index contributed by atoms with van der Waals surface area (Å²) in [5.74, 6) is -2.05. The third-order valence-corrected chi connectivity index (χ3v) is 6.11. The highest BCUT2D eigenvalue weighted by Gasteiger charge is 2.30. The molecule has 0 radical (unpaired) electrons. The molecule has 0 aliphatic carbocycles. The number of carbonyl (C=O) groups is 4. The summed E-state index contributed by atoms with van der Waals surface area (Å²) in [6, 6.07) is 16.4. The van der Waals surface area contributed by atoms with Crippen molar-refractivity contribution in [2.24, 2.45) is 5.92 Å². The first-order chi connectivity index (χ1) is 18.6. The van der Waals surface area contributed by atoms with E-state index in [1.165, 1.54) is 0 Å². The topological polar surface area (TPSA) is 151 Å². The van der Waals surface area contributed by atoms with Crippen LogP contribution >= 0.6 is 0 Å². The fraction of sp³-hybridized carbons (Fsp3) is 0.345.